The third-order valence-electron chi connectivity index (χ3n) is 2.75. The minimum atomic E-state index is -0.853. The first kappa shape index (κ1) is 13.4. The van der Waals surface area contributed by atoms with Crippen molar-refractivity contribution >= 4 is 11.8 Å². The summed E-state index contributed by atoms with van der Waals surface area (Å²) in [4.78, 5) is 19.5. The number of nitrogens with zero attached hydrogens (tertiary/aromatic N) is 2. The molecule has 1 rings (SSSR count). The van der Waals surface area contributed by atoms with Crippen molar-refractivity contribution in [3.63, 3.8) is 0 Å². The Morgan fingerprint density at radius 2 is 2.12 bits per heavy atom. The fourth-order valence-corrected chi connectivity index (χ4v) is 1.63. The van der Waals surface area contributed by atoms with Crippen LogP contribution in [-0.4, -0.2) is 27.1 Å². The Bertz CT molecular complexity index is 386. The zero-order valence-electron chi connectivity index (χ0n) is 10.7. The molecule has 1 aromatic rings. The molecule has 0 aliphatic rings. The highest BCUT2D eigenvalue weighted by molar-refractivity contribution is 5.77. The smallest absolute Gasteiger partial charge is 0.326 e. The van der Waals surface area contributed by atoms with E-state index in [0.717, 1.165) is 12.1 Å². The minimum Gasteiger partial charge on any atom is -0.480 e. The largest absolute Gasteiger partial charge is 0.480 e. The predicted octanol–water partition coefficient (Wildman–Crippen LogP) is 2.00. The monoisotopic (exact) mass is 237 g/mol. The van der Waals surface area contributed by atoms with Gasteiger partial charge in [-0.05, 0) is 19.8 Å². The summed E-state index contributed by atoms with van der Waals surface area (Å²) in [6.45, 7) is 7.53. The Kier molecular flexibility index (Phi) is 4.43. The lowest BCUT2D eigenvalue weighted by atomic mass is 9.99. The summed E-state index contributed by atoms with van der Waals surface area (Å²) in [5.41, 5.74) is 0.827. The number of hydrogen-bond acceptors (Lipinski definition) is 4. The first-order valence-corrected chi connectivity index (χ1v) is 5.75. The van der Waals surface area contributed by atoms with Crippen molar-refractivity contribution < 1.29 is 9.90 Å². The molecule has 1 heterocycles. The maximum atomic E-state index is 11.2. The molecule has 0 saturated carbocycles. The van der Waals surface area contributed by atoms with Crippen LogP contribution in [0.25, 0.3) is 0 Å². The number of carboxylic acid groups (broad SMARTS) is 1. The first-order chi connectivity index (χ1) is 7.93. The zero-order chi connectivity index (χ0) is 13.0. The molecule has 0 bridgehead atoms. The topological polar surface area (TPSA) is 75.1 Å². The van der Waals surface area contributed by atoms with E-state index in [0.29, 0.717) is 11.6 Å². The molecule has 1 aromatic heterocycles. The summed E-state index contributed by atoms with van der Waals surface area (Å²) in [6, 6.07) is 1.14. The first-order valence-electron chi connectivity index (χ1n) is 5.75. The maximum Gasteiger partial charge on any atom is 0.326 e. The molecular weight excluding hydrogens is 218 g/mol. The van der Waals surface area contributed by atoms with Crippen LogP contribution < -0.4 is 5.32 Å². The van der Waals surface area contributed by atoms with Gasteiger partial charge in [0.15, 0.2) is 0 Å². The van der Waals surface area contributed by atoms with Crippen LogP contribution in [0.2, 0.25) is 0 Å². The van der Waals surface area contributed by atoms with Gasteiger partial charge in [-0.2, -0.15) is 0 Å². The molecule has 0 saturated heterocycles. The Labute approximate surface area is 101 Å². The van der Waals surface area contributed by atoms with Gasteiger partial charge in [0.25, 0.3) is 0 Å². The van der Waals surface area contributed by atoms with Gasteiger partial charge in [-0.1, -0.05) is 20.3 Å². The van der Waals surface area contributed by atoms with Crippen LogP contribution in [-0.2, 0) is 4.79 Å². The van der Waals surface area contributed by atoms with Crippen LogP contribution in [0.1, 0.15) is 31.8 Å². The highest BCUT2D eigenvalue weighted by Crippen LogP contribution is 2.14. The van der Waals surface area contributed by atoms with E-state index < -0.39 is 12.0 Å². The number of aromatic nitrogens is 2. The van der Waals surface area contributed by atoms with E-state index in [2.05, 4.69) is 15.3 Å². The molecular formula is C12H19N3O2. The molecule has 0 fully saturated rings. The molecule has 0 aliphatic carbocycles. The molecule has 0 unspecified atom stereocenters. The Morgan fingerprint density at radius 3 is 2.59 bits per heavy atom. The van der Waals surface area contributed by atoms with E-state index in [9.17, 15) is 4.79 Å². The van der Waals surface area contributed by atoms with Gasteiger partial charge in [0.1, 0.15) is 17.7 Å². The molecule has 5 nitrogen and oxygen atoms in total. The average molecular weight is 237 g/mol. The number of hydrogen-bond donors (Lipinski definition) is 2. The van der Waals surface area contributed by atoms with E-state index in [1.54, 1.807) is 13.0 Å². The molecule has 2 N–H and O–H groups in total. The second kappa shape index (κ2) is 5.61. The van der Waals surface area contributed by atoms with Crippen LogP contribution in [0.15, 0.2) is 6.07 Å². The fourth-order valence-electron chi connectivity index (χ4n) is 1.63. The predicted molar refractivity (Wildman–Crippen MR) is 66.0 cm³/mol. The quantitative estimate of drug-likeness (QED) is 0.819. The van der Waals surface area contributed by atoms with Gasteiger partial charge in [0.05, 0.1) is 0 Å². The Hall–Kier alpha value is -1.65. The molecule has 0 spiro atoms. The van der Waals surface area contributed by atoms with E-state index in [4.69, 9.17) is 5.11 Å². The van der Waals surface area contributed by atoms with E-state index in [1.807, 2.05) is 20.8 Å². The van der Waals surface area contributed by atoms with Crippen molar-refractivity contribution in [2.45, 2.75) is 40.2 Å². The molecule has 2 atom stereocenters. The van der Waals surface area contributed by atoms with E-state index in [1.165, 1.54) is 0 Å². The van der Waals surface area contributed by atoms with Crippen molar-refractivity contribution in [2.24, 2.45) is 5.92 Å². The van der Waals surface area contributed by atoms with Gasteiger partial charge in [-0.15, -0.1) is 0 Å². The number of aryl methyl sites for hydroxylation is 2. The fraction of sp³-hybridized carbons (Fsp3) is 0.583. The van der Waals surface area contributed by atoms with Crippen LogP contribution in [0.5, 0.6) is 0 Å². The summed E-state index contributed by atoms with van der Waals surface area (Å²) in [5.74, 6) is 0.403. The van der Waals surface area contributed by atoms with Gasteiger partial charge in [-0.25, -0.2) is 14.8 Å². The molecule has 94 valence electrons. The van der Waals surface area contributed by atoms with Crippen molar-refractivity contribution in [1.29, 1.82) is 0 Å². The van der Waals surface area contributed by atoms with Gasteiger partial charge < -0.3 is 10.4 Å². The average Bonchev–Trinajstić information content (AvgIpc) is 2.23. The van der Waals surface area contributed by atoms with Crippen molar-refractivity contribution in [3.05, 3.63) is 17.6 Å². The van der Waals surface area contributed by atoms with Gasteiger partial charge >= 0.3 is 5.97 Å². The zero-order valence-corrected chi connectivity index (χ0v) is 10.7. The van der Waals surface area contributed by atoms with Crippen LogP contribution in [0, 0.1) is 19.8 Å². The second-order valence-corrected chi connectivity index (χ2v) is 4.29. The molecule has 0 amide bonds. The van der Waals surface area contributed by atoms with Crippen molar-refractivity contribution in [1.82, 2.24) is 9.97 Å². The minimum absolute atomic E-state index is 0.0445. The molecule has 0 aromatic carbocycles. The number of carboxylic acids is 1. The number of nitrogens with one attached hydrogen (secondary N) is 1. The highest BCUT2D eigenvalue weighted by atomic mass is 16.4. The van der Waals surface area contributed by atoms with Crippen molar-refractivity contribution in [3.8, 4) is 0 Å². The van der Waals surface area contributed by atoms with Gasteiger partial charge in [0.2, 0.25) is 0 Å². The summed E-state index contributed by atoms with van der Waals surface area (Å²) in [7, 11) is 0. The van der Waals surface area contributed by atoms with Gasteiger partial charge in [-0.3, -0.25) is 0 Å². The van der Waals surface area contributed by atoms with E-state index >= 15 is 0 Å². The summed E-state index contributed by atoms with van der Waals surface area (Å²) >= 11 is 0. The third-order valence-corrected chi connectivity index (χ3v) is 2.75. The molecule has 17 heavy (non-hydrogen) atoms. The molecule has 0 aliphatic heterocycles. The summed E-state index contributed by atoms with van der Waals surface area (Å²) < 4.78 is 0. The number of carbonyl (C=O) groups is 1. The van der Waals surface area contributed by atoms with E-state index in [-0.39, 0.29) is 5.92 Å². The number of anilines is 1. The van der Waals surface area contributed by atoms with Gasteiger partial charge in [0, 0.05) is 11.8 Å². The highest BCUT2D eigenvalue weighted by Gasteiger charge is 2.23. The standard InChI is InChI=1S/C12H19N3O2/c1-5-7(2)11(12(16)17)15-10-6-8(3)13-9(4)14-10/h6-7,11H,5H2,1-4H3,(H,16,17)(H,13,14,15)/t7-,11-/m0/s1. The lowest BCUT2D eigenvalue weighted by Gasteiger charge is -2.20. The lowest BCUT2D eigenvalue weighted by molar-refractivity contribution is -0.139. The van der Waals surface area contributed by atoms with Crippen molar-refractivity contribution in [2.75, 3.05) is 5.32 Å². The molecule has 0 radical (unpaired) electrons. The third kappa shape index (κ3) is 3.69. The number of rotatable bonds is 5. The van der Waals surface area contributed by atoms with Crippen LogP contribution in [0.3, 0.4) is 0 Å². The molecule has 5 heteroatoms. The lowest BCUT2D eigenvalue weighted by Crippen LogP contribution is -2.35. The number of aliphatic carboxylic acids is 1. The maximum absolute atomic E-state index is 11.2. The Morgan fingerprint density at radius 1 is 1.47 bits per heavy atom. The normalized spacial score (nSPS) is 14.1. The van der Waals surface area contributed by atoms with Crippen LogP contribution >= 0.6 is 0 Å². The summed E-state index contributed by atoms with van der Waals surface area (Å²) in [5, 5.41) is 12.1. The Balaban J connectivity index is 2.89. The van der Waals surface area contributed by atoms with Crippen LogP contribution in [0.4, 0.5) is 5.82 Å². The summed E-state index contributed by atoms with van der Waals surface area (Å²) in [6.07, 6.45) is 0.799. The SMILES string of the molecule is CC[C@H](C)[C@H](Nc1cc(C)nc(C)n1)C(=O)O. The second-order valence-electron chi connectivity index (χ2n) is 4.29.